The Morgan fingerprint density at radius 3 is 2.70 bits per heavy atom. The number of nitrogens with one attached hydrogen (secondary N) is 1. The zero-order valence-corrected chi connectivity index (χ0v) is 17.3. The molecule has 0 atom stereocenters. The van der Waals surface area contributed by atoms with Crippen molar-refractivity contribution in [3.63, 3.8) is 0 Å². The second-order valence-electron chi connectivity index (χ2n) is 7.54. The Balaban J connectivity index is 1.60. The Labute approximate surface area is 174 Å². The number of hydrogen-bond donors (Lipinski definition) is 1. The van der Waals surface area contributed by atoms with Crippen molar-refractivity contribution in [2.45, 2.75) is 39.2 Å². The van der Waals surface area contributed by atoms with Gasteiger partial charge in [0, 0.05) is 25.5 Å². The lowest BCUT2D eigenvalue weighted by atomic mass is 10.2. The van der Waals surface area contributed by atoms with E-state index in [-0.39, 0.29) is 18.1 Å². The number of rotatable bonds is 5. The fourth-order valence-electron chi connectivity index (χ4n) is 3.79. The molecule has 3 aromatic rings. The second kappa shape index (κ2) is 8.56. The van der Waals surface area contributed by atoms with Crippen LogP contribution >= 0.6 is 0 Å². The van der Waals surface area contributed by atoms with Gasteiger partial charge >= 0.3 is 5.69 Å². The summed E-state index contributed by atoms with van der Waals surface area (Å²) in [5.74, 6) is 0.897. The SMILES string of the molecule is COc1ccc(C)cc1NC(=O)Cn1nc2c(N3CCCCCC3)nccn2c1=O. The van der Waals surface area contributed by atoms with Gasteiger partial charge in [0.15, 0.2) is 5.82 Å². The molecule has 0 radical (unpaired) electrons. The molecular weight excluding hydrogens is 384 g/mol. The van der Waals surface area contributed by atoms with Crippen LogP contribution in [0.3, 0.4) is 0 Å². The summed E-state index contributed by atoms with van der Waals surface area (Å²) in [6.07, 6.45) is 7.78. The van der Waals surface area contributed by atoms with Crippen LogP contribution in [0.4, 0.5) is 11.5 Å². The third kappa shape index (κ3) is 4.00. The van der Waals surface area contributed by atoms with E-state index in [1.807, 2.05) is 19.1 Å². The van der Waals surface area contributed by atoms with Crippen molar-refractivity contribution in [2.75, 3.05) is 30.4 Å². The lowest BCUT2D eigenvalue weighted by molar-refractivity contribution is -0.117. The lowest BCUT2D eigenvalue weighted by Gasteiger charge is -2.21. The van der Waals surface area contributed by atoms with Gasteiger partial charge in [0.25, 0.3) is 0 Å². The third-order valence-corrected chi connectivity index (χ3v) is 5.31. The predicted octanol–water partition coefficient (Wildman–Crippen LogP) is 2.23. The first kappa shape index (κ1) is 19.9. The standard InChI is InChI=1S/C21H26N6O3/c1-15-7-8-17(30-2)16(13-15)23-18(28)14-27-21(29)26-12-9-22-19(20(26)24-27)25-10-5-3-4-6-11-25/h7-9,12-13H,3-6,10-11,14H2,1-2H3,(H,23,28). The minimum atomic E-state index is -0.366. The second-order valence-corrected chi connectivity index (χ2v) is 7.54. The number of carbonyl (C=O) groups excluding carboxylic acids is 1. The molecule has 30 heavy (non-hydrogen) atoms. The monoisotopic (exact) mass is 410 g/mol. The maximum atomic E-state index is 12.8. The zero-order chi connectivity index (χ0) is 21.1. The van der Waals surface area contributed by atoms with E-state index in [2.05, 4.69) is 20.3 Å². The van der Waals surface area contributed by atoms with Gasteiger partial charge < -0.3 is 15.0 Å². The van der Waals surface area contributed by atoms with Gasteiger partial charge in [0.2, 0.25) is 11.6 Å². The van der Waals surface area contributed by atoms with E-state index in [9.17, 15) is 9.59 Å². The lowest BCUT2D eigenvalue weighted by Crippen LogP contribution is -2.28. The highest BCUT2D eigenvalue weighted by Crippen LogP contribution is 2.25. The van der Waals surface area contributed by atoms with Gasteiger partial charge in [0.1, 0.15) is 12.3 Å². The van der Waals surface area contributed by atoms with E-state index in [1.165, 1.54) is 21.9 Å². The Morgan fingerprint density at radius 1 is 1.20 bits per heavy atom. The summed E-state index contributed by atoms with van der Waals surface area (Å²) < 4.78 is 7.93. The summed E-state index contributed by atoms with van der Waals surface area (Å²) in [4.78, 5) is 32.1. The Hall–Kier alpha value is -3.36. The molecule has 1 amide bonds. The number of nitrogens with zero attached hydrogens (tertiary/aromatic N) is 5. The molecule has 1 aromatic carbocycles. The van der Waals surface area contributed by atoms with Crippen LogP contribution in [-0.4, -0.2) is 45.3 Å². The van der Waals surface area contributed by atoms with E-state index in [1.54, 1.807) is 25.6 Å². The number of hydrogen-bond acceptors (Lipinski definition) is 6. The van der Waals surface area contributed by atoms with Crippen LogP contribution < -0.4 is 20.6 Å². The van der Waals surface area contributed by atoms with Crippen LogP contribution in [0.2, 0.25) is 0 Å². The van der Waals surface area contributed by atoms with Crippen molar-refractivity contribution in [3.05, 3.63) is 46.6 Å². The molecule has 0 aliphatic carbocycles. The number of amides is 1. The number of ether oxygens (including phenoxy) is 1. The summed E-state index contributed by atoms with van der Waals surface area (Å²) in [5, 5.41) is 7.24. The molecule has 0 spiro atoms. The minimum Gasteiger partial charge on any atom is -0.495 e. The average Bonchev–Trinajstić information content (AvgIpc) is 2.91. The highest BCUT2D eigenvalue weighted by molar-refractivity contribution is 5.92. The van der Waals surface area contributed by atoms with E-state index in [0.717, 1.165) is 31.5 Å². The third-order valence-electron chi connectivity index (χ3n) is 5.31. The maximum absolute atomic E-state index is 12.8. The Morgan fingerprint density at radius 2 is 1.97 bits per heavy atom. The maximum Gasteiger partial charge on any atom is 0.350 e. The van der Waals surface area contributed by atoms with Crippen molar-refractivity contribution >= 4 is 23.1 Å². The topological polar surface area (TPSA) is 93.8 Å². The number of aromatic nitrogens is 4. The zero-order valence-electron chi connectivity index (χ0n) is 17.3. The number of anilines is 2. The number of methoxy groups -OCH3 is 1. The van der Waals surface area contributed by atoms with Crippen LogP contribution in [0.25, 0.3) is 5.65 Å². The van der Waals surface area contributed by atoms with Crippen molar-refractivity contribution in [2.24, 2.45) is 0 Å². The molecule has 0 bridgehead atoms. The highest BCUT2D eigenvalue weighted by Gasteiger charge is 2.19. The molecule has 0 saturated carbocycles. The fraction of sp³-hybridized carbons (Fsp3) is 0.429. The van der Waals surface area contributed by atoms with E-state index in [0.29, 0.717) is 22.9 Å². The first-order chi connectivity index (χ1) is 14.6. The number of aryl methyl sites for hydroxylation is 1. The molecule has 4 rings (SSSR count). The molecule has 158 valence electrons. The Bertz CT molecular complexity index is 1110. The summed E-state index contributed by atoms with van der Waals surface area (Å²) >= 11 is 0. The van der Waals surface area contributed by atoms with Crippen molar-refractivity contribution < 1.29 is 9.53 Å². The van der Waals surface area contributed by atoms with Crippen molar-refractivity contribution in [3.8, 4) is 5.75 Å². The summed E-state index contributed by atoms with van der Waals surface area (Å²) in [6, 6.07) is 5.52. The van der Waals surface area contributed by atoms with E-state index >= 15 is 0 Å². The largest absolute Gasteiger partial charge is 0.495 e. The molecule has 1 N–H and O–H groups in total. The molecule has 2 aromatic heterocycles. The summed E-state index contributed by atoms with van der Waals surface area (Å²) in [5.41, 5.74) is 1.66. The van der Waals surface area contributed by atoms with Crippen LogP contribution in [0.5, 0.6) is 5.75 Å². The van der Waals surface area contributed by atoms with Gasteiger partial charge in [-0.3, -0.25) is 4.79 Å². The van der Waals surface area contributed by atoms with Crippen LogP contribution in [0.1, 0.15) is 31.2 Å². The number of carbonyl (C=O) groups is 1. The van der Waals surface area contributed by atoms with E-state index < -0.39 is 0 Å². The van der Waals surface area contributed by atoms with Crippen molar-refractivity contribution in [1.29, 1.82) is 0 Å². The first-order valence-electron chi connectivity index (χ1n) is 10.2. The van der Waals surface area contributed by atoms with Gasteiger partial charge in [-0.1, -0.05) is 18.9 Å². The summed E-state index contributed by atoms with van der Waals surface area (Å²) in [7, 11) is 1.55. The van der Waals surface area contributed by atoms with Gasteiger partial charge in [-0.2, -0.15) is 0 Å². The highest BCUT2D eigenvalue weighted by atomic mass is 16.5. The predicted molar refractivity (Wildman–Crippen MR) is 114 cm³/mol. The van der Waals surface area contributed by atoms with Gasteiger partial charge in [-0.15, -0.1) is 5.10 Å². The Kier molecular flexibility index (Phi) is 5.69. The molecule has 9 heteroatoms. The molecule has 1 aliphatic rings. The smallest absolute Gasteiger partial charge is 0.350 e. The van der Waals surface area contributed by atoms with Gasteiger partial charge in [0.05, 0.1) is 12.8 Å². The first-order valence-corrected chi connectivity index (χ1v) is 10.2. The van der Waals surface area contributed by atoms with Gasteiger partial charge in [-0.05, 0) is 37.5 Å². The van der Waals surface area contributed by atoms with Crippen LogP contribution in [-0.2, 0) is 11.3 Å². The van der Waals surface area contributed by atoms with E-state index in [4.69, 9.17) is 4.74 Å². The molecule has 3 heterocycles. The molecule has 1 saturated heterocycles. The van der Waals surface area contributed by atoms with Gasteiger partial charge in [-0.25, -0.2) is 18.9 Å². The quantitative estimate of drug-likeness (QED) is 0.693. The molecule has 9 nitrogen and oxygen atoms in total. The normalized spacial score (nSPS) is 14.5. The minimum absolute atomic E-state index is 0.197. The average molecular weight is 410 g/mol. The summed E-state index contributed by atoms with van der Waals surface area (Å²) in [6.45, 7) is 3.51. The fourth-order valence-corrected chi connectivity index (χ4v) is 3.79. The van der Waals surface area contributed by atoms with Crippen LogP contribution in [0.15, 0.2) is 35.4 Å². The number of fused-ring (bicyclic) bond motifs is 1. The molecule has 0 unspecified atom stereocenters. The van der Waals surface area contributed by atoms with Crippen LogP contribution in [0, 0.1) is 6.92 Å². The van der Waals surface area contributed by atoms with Crippen molar-refractivity contribution in [1.82, 2.24) is 19.2 Å². The molecular formula is C21H26N6O3. The molecule has 1 aliphatic heterocycles. The number of benzene rings is 1. The molecule has 1 fully saturated rings.